The van der Waals surface area contributed by atoms with Crippen LogP contribution in [0.15, 0.2) is 24.3 Å². The van der Waals surface area contributed by atoms with Gasteiger partial charge in [-0.2, -0.15) is 0 Å². The van der Waals surface area contributed by atoms with Gasteiger partial charge in [0.25, 0.3) is 0 Å². The summed E-state index contributed by atoms with van der Waals surface area (Å²) in [7, 11) is 0. The third-order valence-corrected chi connectivity index (χ3v) is 5.05. The van der Waals surface area contributed by atoms with Crippen LogP contribution in [0.25, 0.3) is 5.69 Å². The minimum Gasteiger partial charge on any atom is -0.372 e. The summed E-state index contributed by atoms with van der Waals surface area (Å²) in [5, 5.41) is 8.22. The van der Waals surface area contributed by atoms with E-state index in [4.69, 9.17) is 0 Å². The van der Waals surface area contributed by atoms with E-state index in [0.29, 0.717) is 11.6 Å². The third kappa shape index (κ3) is 2.76. The van der Waals surface area contributed by atoms with Gasteiger partial charge in [0.05, 0.1) is 11.4 Å². The van der Waals surface area contributed by atoms with Crippen LogP contribution >= 0.6 is 0 Å². The van der Waals surface area contributed by atoms with E-state index in [-0.39, 0.29) is 0 Å². The first-order chi connectivity index (χ1) is 11.3. The highest BCUT2D eigenvalue weighted by Crippen LogP contribution is 2.41. The highest BCUT2D eigenvalue weighted by molar-refractivity contribution is 5.74. The average molecular weight is 310 g/mol. The molecule has 1 saturated carbocycles. The number of rotatable bonds is 4. The molecule has 23 heavy (non-hydrogen) atoms. The van der Waals surface area contributed by atoms with Crippen molar-refractivity contribution in [1.29, 1.82) is 0 Å². The average Bonchev–Trinajstić information content (AvgIpc) is 3.34. The monoisotopic (exact) mass is 310 g/mol. The largest absolute Gasteiger partial charge is 0.372 e. The molecule has 2 fully saturated rings. The first-order valence-corrected chi connectivity index (χ1v) is 8.52. The number of aromatic nitrogens is 3. The van der Waals surface area contributed by atoms with Crippen LogP contribution in [0.3, 0.4) is 0 Å². The molecule has 1 saturated heterocycles. The topological polar surface area (TPSA) is 51.0 Å². The van der Waals surface area contributed by atoms with Crippen molar-refractivity contribution in [1.82, 2.24) is 15.0 Å². The van der Waals surface area contributed by atoms with Crippen molar-refractivity contribution in [2.24, 2.45) is 5.92 Å². The first-order valence-electron chi connectivity index (χ1n) is 8.52. The molecule has 1 aliphatic carbocycles. The third-order valence-electron chi connectivity index (χ3n) is 5.05. The molecule has 0 amide bonds. The van der Waals surface area contributed by atoms with Crippen molar-refractivity contribution in [2.75, 3.05) is 18.0 Å². The minimum absolute atomic E-state index is 0.438. The second-order valence-corrected chi connectivity index (χ2v) is 6.85. The Bertz CT molecular complexity index is 694. The fourth-order valence-electron chi connectivity index (χ4n) is 3.39. The van der Waals surface area contributed by atoms with Gasteiger partial charge in [-0.3, -0.25) is 4.79 Å². The van der Waals surface area contributed by atoms with E-state index in [1.54, 1.807) is 0 Å². The van der Waals surface area contributed by atoms with Crippen LogP contribution in [-0.2, 0) is 0 Å². The lowest BCUT2D eigenvalue weighted by Crippen LogP contribution is -2.32. The molecular weight excluding hydrogens is 288 g/mol. The number of carbonyl (C=O) groups excluding carboxylic acids is 1. The summed E-state index contributed by atoms with van der Waals surface area (Å²) < 4.78 is 1.84. The zero-order chi connectivity index (χ0) is 15.8. The summed E-state index contributed by atoms with van der Waals surface area (Å²) in [5.74, 6) is 1.27. The Balaban J connectivity index is 1.59. The molecule has 4 rings (SSSR count). The van der Waals surface area contributed by atoms with Crippen LogP contribution in [0.5, 0.6) is 0 Å². The summed E-state index contributed by atoms with van der Waals surface area (Å²) >= 11 is 0. The molecule has 2 aliphatic rings. The van der Waals surface area contributed by atoms with Gasteiger partial charge in [-0.15, -0.1) is 5.10 Å². The lowest BCUT2D eigenvalue weighted by Gasteiger charge is -2.32. The van der Waals surface area contributed by atoms with Crippen molar-refractivity contribution in [3.8, 4) is 5.69 Å². The van der Waals surface area contributed by atoms with Crippen LogP contribution in [0.2, 0.25) is 0 Å². The summed E-state index contributed by atoms with van der Waals surface area (Å²) in [6.45, 7) is 4.59. The lowest BCUT2D eigenvalue weighted by atomic mass is 9.99. The molecule has 1 aliphatic heterocycles. The van der Waals surface area contributed by atoms with Crippen LogP contribution < -0.4 is 4.90 Å². The molecule has 0 atom stereocenters. The highest BCUT2D eigenvalue weighted by atomic mass is 16.1. The molecule has 2 aromatic rings. The van der Waals surface area contributed by atoms with E-state index in [2.05, 4.69) is 46.4 Å². The molecule has 5 nitrogen and oxygen atoms in total. The van der Waals surface area contributed by atoms with E-state index in [1.165, 1.54) is 18.5 Å². The summed E-state index contributed by atoms with van der Waals surface area (Å²) in [6, 6.07) is 8.49. The Morgan fingerprint density at radius 3 is 2.30 bits per heavy atom. The number of nitrogens with zero attached hydrogens (tertiary/aromatic N) is 4. The number of hydrogen-bond donors (Lipinski definition) is 0. The quantitative estimate of drug-likeness (QED) is 0.814. The number of piperidine rings is 1. The van der Waals surface area contributed by atoms with Gasteiger partial charge in [0.15, 0.2) is 6.29 Å². The Morgan fingerprint density at radius 1 is 1.04 bits per heavy atom. The molecule has 2 heterocycles. The van der Waals surface area contributed by atoms with Crippen molar-refractivity contribution < 1.29 is 4.79 Å². The van der Waals surface area contributed by atoms with Gasteiger partial charge < -0.3 is 4.90 Å². The normalized spacial score (nSPS) is 19.1. The van der Waals surface area contributed by atoms with Crippen LogP contribution in [-0.4, -0.2) is 34.4 Å². The zero-order valence-corrected chi connectivity index (χ0v) is 13.5. The number of aldehydes is 1. The number of hydrogen-bond acceptors (Lipinski definition) is 4. The zero-order valence-electron chi connectivity index (χ0n) is 13.5. The maximum Gasteiger partial charge on any atom is 0.172 e. The highest BCUT2D eigenvalue weighted by Gasteiger charge is 2.31. The van der Waals surface area contributed by atoms with Crippen molar-refractivity contribution >= 4 is 12.0 Å². The van der Waals surface area contributed by atoms with Gasteiger partial charge >= 0.3 is 0 Å². The molecule has 120 valence electrons. The van der Waals surface area contributed by atoms with E-state index in [0.717, 1.165) is 49.5 Å². The second-order valence-electron chi connectivity index (χ2n) is 6.85. The van der Waals surface area contributed by atoms with Crippen molar-refractivity contribution in [3.05, 3.63) is 35.7 Å². The van der Waals surface area contributed by atoms with Gasteiger partial charge in [0.2, 0.25) is 0 Å². The number of carbonyl (C=O) groups is 1. The van der Waals surface area contributed by atoms with Gasteiger partial charge in [0.1, 0.15) is 5.69 Å². The molecule has 0 N–H and O–H groups in total. The maximum absolute atomic E-state index is 11.2. The fourth-order valence-corrected chi connectivity index (χ4v) is 3.39. The predicted molar refractivity (Wildman–Crippen MR) is 89.3 cm³/mol. The maximum atomic E-state index is 11.2. The van der Waals surface area contributed by atoms with Crippen molar-refractivity contribution in [2.45, 2.75) is 38.5 Å². The van der Waals surface area contributed by atoms with E-state index >= 15 is 0 Å². The minimum atomic E-state index is 0.438. The van der Waals surface area contributed by atoms with Gasteiger partial charge in [-0.1, -0.05) is 12.1 Å². The first kappa shape index (κ1) is 14.4. The lowest BCUT2D eigenvalue weighted by molar-refractivity contribution is 0.111. The molecule has 5 heteroatoms. The summed E-state index contributed by atoms with van der Waals surface area (Å²) in [5.41, 5.74) is 3.71. The Kier molecular flexibility index (Phi) is 3.63. The molecule has 1 aromatic carbocycles. The van der Waals surface area contributed by atoms with E-state index in [1.807, 2.05) is 4.68 Å². The molecule has 1 aromatic heterocycles. The summed E-state index contributed by atoms with van der Waals surface area (Å²) in [6.07, 6.45) is 5.59. The molecule has 0 unspecified atom stereocenters. The Labute approximate surface area is 136 Å². The van der Waals surface area contributed by atoms with Crippen LogP contribution in [0.1, 0.15) is 54.7 Å². The molecular formula is C18H22N4O. The Hall–Kier alpha value is -2.17. The number of benzene rings is 1. The second kappa shape index (κ2) is 5.80. The number of anilines is 1. The molecule has 0 bridgehead atoms. The van der Waals surface area contributed by atoms with Gasteiger partial charge in [0, 0.05) is 24.7 Å². The SMILES string of the molecule is CC1CCN(c2ccc(-n3nnc(C=O)c3C3CC3)cc2)CC1. The van der Waals surface area contributed by atoms with Crippen molar-refractivity contribution in [3.63, 3.8) is 0 Å². The predicted octanol–water partition coefficient (Wildman–Crippen LogP) is 3.19. The summed E-state index contributed by atoms with van der Waals surface area (Å²) in [4.78, 5) is 13.6. The van der Waals surface area contributed by atoms with Crippen LogP contribution in [0, 0.1) is 5.92 Å². The molecule has 0 radical (unpaired) electrons. The smallest absolute Gasteiger partial charge is 0.172 e. The fraction of sp³-hybridized carbons (Fsp3) is 0.500. The van der Waals surface area contributed by atoms with E-state index < -0.39 is 0 Å². The Morgan fingerprint density at radius 2 is 1.70 bits per heavy atom. The van der Waals surface area contributed by atoms with Crippen LogP contribution in [0.4, 0.5) is 5.69 Å². The van der Waals surface area contributed by atoms with E-state index in [9.17, 15) is 4.79 Å². The van der Waals surface area contributed by atoms with Gasteiger partial charge in [-0.25, -0.2) is 4.68 Å². The standard InChI is InChI=1S/C18H22N4O/c1-13-8-10-21(11-9-13)15-4-6-16(7-5-15)22-18(14-2-3-14)17(12-23)19-20-22/h4-7,12-14H,2-3,8-11H2,1H3. The molecule has 0 spiro atoms. The van der Waals surface area contributed by atoms with Gasteiger partial charge in [-0.05, 0) is 55.9 Å².